The van der Waals surface area contributed by atoms with E-state index in [2.05, 4.69) is 43.8 Å². The summed E-state index contributed by atoms with van der Waals surface area (Å²) >= 11 is 6.28. The molecular weight excluding hydrogens is 722 g/mol. The summed E-state index contributed by atoms with van der Waals surface area (Å²) in [5.74, 6) is -0.818. The molecule has 4 fully saturated rings. The number of hydrogen-bond acceptors (Lipinski definition) is 10. The van der Waals surface area contributed by atoms with Crippen molar-refractivity contribution >= 4 is 51.0 Å². The van der Waals surface area contributed by atoms with Crippen LogP contribution in [0.2, 0.25) is 5.28 Å². The third-order valence-corrected chi connectivity index (χ3v) is 12.3. The lowest BCUT2D eigenvalue weighted by Gasteiger charge is -2.35. The summed E-state index contributed by atoms with van der Waals surface area (Å²) in [6.45, 7) is 13.3. The molecule has 16 heteroatoms. The Morgan fingerprint density at radius 3 is 2.40 bits per heavy atom. The molecule has 286 valence electrons. The lowest BCUT2D eigenvalue weighted by Crippen LogP contribution is -2.59. The van der Waals surface area contributed by atoms with Crippen LogP contribution in [0.25, 0.3) is 0 Å². The molecule has 1 saturated heterocycles. The molecule has 2 aromatic rings. The highest BCUT2D eigenvalue weighted by Gasteiger charge is 2.58. The molecule has 6 rings (SSSR count). The molecule has 14 nitrogen and oxygen atoms in total. The van der Waals surface area contributed by atoms with Gasteiger partial charge in [0.25, 0.3) is 0 Å². The zero-order chi connectivity index (χ0) is 38.1. The van der Waals surface area contributed by atoms with Crippen LogP contribution in [0.15, 0.2) is 61.3 Å². The van der Waals surface area contributed by atoms with E-state index in [0.29, 0.717) is 25.1 Å². The second-order valence-electron chi connectivity index (χ2n) is 15.4. The van der Waals surface area contributed by atoms with E-state index in [4.69, 9.17) is 21.1 Å². The normalized spacial score (nSPS) is 24.8. The number of anilines is 2. The summed E-state index contributed by atoms with van der Waals surface area (Å²) in [5.41, 5.74) is -0.989. The Balaban J connectivity index is 1.25. The minimum Gasteiger partial charge on any atom is -0.472 e. The van der Waals surface area contributed by atoms with Crippen LogP contribution in [-0.2, 0) is 24.3 Å². The van der Waals surface area contributed by atoms with E-state index in [9.17, 15) is 22.8 Å². The number of para-hydroxylation sites is 1. The van der Waals surface area contributed by atoms with Crippen molar-refractivity contribution in [1.29, 1.82) is 0 Å². The number of likely N-dealkylation sites (tertiary alicyclic amines) is 1. The highest BCUT2D eigenvalue weighted by molar-refractivity contribution is 7.90. The summed E-state index contributed by atoms with van der Waals surface area (Å²) in [4.78, 5) is 51.8. The SMILES string of the molecule is C=C[C@@H]1C[C@]1(NC(=O)[C@@H]1C[C@@H](Oc2cc(Nc3ccccc3)nc(Cl)n2)CN1C(=O)[C@@H](NC(=O)OC1CCCC1)C(C)(C)C)C(=C)NS(=O)(=O)C1CC1. The molecule has 0 radical (unpaired) electrons. The van der Waals surface area contributed by atoms with Crippen LogP contribution in [0.3, 0.4) is 0 Å². The fourth-order valence-corrected chi connectivity index (χ4v) is 8.65. The third-order valence-electron chi connectivity index (χ3n) is 10.2. The smallest absolute Gasteiger partial charge is 0.408 e. The van der Waals surface area contributed by atoms with Gasteiger partial charge in [0, 0.05) is 29.8 Å². The lowest BCUT2D eigenvalue weighted by atomic mass is 9.85. The number of amides is 3. The van der Waals surface area contributed by atoms with Gasteiger partial charge in [0.1, 0.15) is 30.1 Å². The van der Waals surface area contributed by atoms with Gasteiger partial charge in [0.2, 0.25) is 33.0 Å². The van der Waals surface area contributed by atoms with E-state index in [0.717, 1.165) is 31.4 Å². The van der Waals surface area contributed by atoms with Crippen LogP contribution in [0.5, 0.6) is 5.88 Å². The predicted molar refractivity (Wildman–Crippen MR) is 200 cm³/mol. The van der Waals surface area contributed by atoms with Gasteiger partial charge in [0.15, 0.2) is 0 Å². The summed E-state index contributed by atoms with van der Waals surface area (Å²) in [5, 5.41) is 8.40. The first-order valence-electron chi connectivity index (χ1n) is 18.0. The van der Waals surface area contributed by atoms with E-state index < -0.39 is 62.3 Å². The highest BCUT2D eigenvalue weighted by Crippen LogP contribution is 2.49. The van der Waals surface area contributed by atoms with Gasteiger partial charge >= 0.3 is 6.09 Å². The van der Waals surface area contributed by atoms with Gasteiger partial charge in [-0.1, -0.05) is 51.6 Å². The van der Waals surface area contributed by atoms with Gasteiger partial charge in [-0.05, 0) is 74.1 Å². The first kappa shape index (κ1) is 38.4. The van der Waals surface area contributed by atoms with Crippen LogP contribution in [-0.4, -0.2) is 82.8 Å². The van der Waals surface area contributed by atoms with E-state index >= 15 is 0 Å². The summed E-state index contributed by atoms with van der Waals surface area (Å²) in [6.07, 6.45) is 5.03. The highest BCUT2D eigenvalue weighted by atomic mass is 35.5. The van der Waals surface area contributed by atoms with Crippen LogP contribution in [0.1, 0.15) is 72.1 Å². The zero-order valence-electron chi connectivity index (χ0n) is 30.3. The van der Waals surface area contributed by atoms with Crippen molar-refractivity contribution in [3.8, 4) is 5.88 Å². The summed E-state index contributed by atoms with van der Waals surface area (Å²) < 4.78 is 40.2. The quantitative estimate of drug-likeness (QED) is 0.152. The minimum atomic E-state index is -3.66. The predicted octanol–water partition coefficient (Wildman–Crippen LogP) is 4.96. The molecule has 1 aliphatic heterocycles. The topological polar surface area (TPSA) is 181 Å². The van der Waals surface area contributed by atoms with Crippen molar-refractivity contribution in [2.45, 2.75) is 107 Å². The second-order valence-corrected chi connectivity index (χ2v) is 17.7. The number of carbonyl (C=O) groups excluding carboxylic acids is 3. The molecule has 5 atom stereocenters. The fourth-order valence-electron chi connectivity index (χ4n) is 7.03. The monoisotopic (exact) mass is 769 g/mol. The maximum absolute atomic E-state index is 14.5. The van der Waals surface area contributed by atoms with Crippen LogP contribution in [0, 0.1) is 11.3 Å². The van der Waals surface area contributed by atoms with E-state index in [1.165, 1.54) is 4.90 Å². The number of nitrogens with one attached hydrogen (secondary N) is 4. The number of rotatable bonds is 14. The Labute approximate surface area is 315 Å². The van der Waals surface area contributed by atoms with Gasteiger partial charge in [-0.2, -0.15) is 4.98 Å². The molecule has 3 saturated carbocycles. The number of hydrogen-bond donors (Lipinski definition) is 4. The number of aromatic nitrogens is 2. The van der Waals surface area contributed by atoms with Crippen molar-refractivity contribution in [2.75, 3.05) is 11.9 Å². The molecule has 1 aromatic carbocycles. The van der Waals surface area contributed by atoms with Crippen molar-refractivity contribution in [1.82, 2.24) is 30.2 Å². The van der Waals surface area contributed by atoms with Gasteiger partial charge in [-0.3, -0.25) is 14.3 Å². The molecular formula is C37H48ClN7O7S. The van der Waals surface area contributed by atoms with E-state index in [-0.39, 0.29) is 41.8 Å². The van der Waals surface area contributed by atoms with Crippen LogP contribution < -0.4 is 25.4 Å². The molecule has 0 spiro atoms. The molecule has 4 aliphatic rings. The second kappa shape index (κ2) is 15.2. The number of alkyl carbamates (subject to hydrolysis) is 1. The van der Waals surface area contributed by atoms with Gasteiger partial charge < -0.3 is 30.3 Å². The number of halogens is 1. The van der Waals surface area contributed by atoms with Crippen molar-refractivity contribution in [3.05, 3.63) is 66.6 Å². The van der Waals surface area contributed by atoms with Gasteiger partial charge in [-0.15, -0.1) is 6.58 Å². The minimum absolute atomic E-state index is 0.0287. The maximum Gasteiger partial charge on any atom is 0.408 e. The lowest BCUT2D eigenvalue weighted by molar-refractivity contribution is -0.142. The molecule has 3 amide bonds. The maximum atomic E-state index is 14.5. The Kier molecular flexibility index (Phi) is 11.0. The molecule has 3 aliphatic carbocycles. The standard InChI is InChI=1S/C37H48ClN7O7S/c1-6-23-20-37(23,22(2)44-53(49,50)27-16-17-27)43-32(46)28-18-26(51-30-19-29(40-34(38)41-30)39-24-12-8-7-9-13-24)21-45(28)33(47)31(36(3,4)5)42-35(48)52-25-14-10-11-15-25/h6-9,12-13,19,23,25-28,31,44H,1-2,10-11,14-18,20-21H2,3-5H3,(H,42,48)(H,43,46)(H,39,40,41)/t23-,26-,28+,31-,37+/m1/s1. The van der Waals surface area contributed by atoms with Gasteiger partial charge in [-0.25, -0.2) is 18.2 Å². The number of benzene rings is 1. The van der Waals surface area contributed by atoms with Crippen molar-refractivity contribution in [3.63, 3.8) is 0 Å². The molecule has 0 bridgehead atoms. The average molecular weight is 770 g/mol. The molecule has 0 unspecified atom stereocenters. The fraction of sp³-hybridized carbons (Fsp3) is 0.541. The Bertz CT molecular complexity index is 1850. The number of ether oxygens (including phenoxy) is 2. The number of sulfonamides is 1. The Morgan fingerprint density at radius 1 is 1.08 bits per heavy atom. The van der Waals surface area contributed by atoms with Crippen molar-refractivity contribution in [2.24, 2.45) is 11.3 Å². The van der Waals surface area contributed by atoms with Gasteiger partial charge in [0.05, 0.1) is 17.3 Å². The average Bonchev–Trinajstić information content (AvgIpc) is 3.97. The zero-order valence-corrected chi connectivity index (χ0v) is 31.8. The summed E-state index contributed by atoms with van der Waals surface area (Å²) in [7, 11) is -3.66. The summed E-state index contributed by atoms with van der Waals surface area (Å²) in [6, 6.07) is 8.78. The van der Waals surface area contributed by atoms with Crippen LogP contribution in [0.4, 0.5) is 16.3 Å². The Morgan fingerprint density at radius 2 is 1.77 bits per heavy atom. The first-order chi connectivity index (χ1) is 25.1. The Hall–Kier alpha value is -4.37. The molecule has 1 aromatic heterocycles. The van der Waals surface area contributed by atoms with Crippen molar-refractivity contribution < 1.29 is 32.3 Å². The first-order valence-corrected chi connectivity index (χ1v) is 20.0. The third kappa shape index (κ3) is 9.06. The number of nitrogens with zero attached hydrogens (tertiary/aromatic N) is 3. The molecule has 53 heavy (non-hydrogen) atoms. The number of carbonyl (C=O) groups is 3. The van der Waals surface area contributed by atoms with E-state index in [1.807, 2.05) is 51.1 Å². The van der Waals surface area contributed by atoms with E-state index in [1.54, 1.807) is 12.1 Å². The van der Waals surface area contributed by atoms with Crippen LogP contribution >= 0.6 is 11.6 Å². The molecule has 2 heterocycles. The largest absolute Gasteiger partial charge is 0.472 e. The molecule has 4 N–H and O–H groups in total.